The summed E-state index contributed by atoms with van der Waals surface area (Å²) in [4.78, 5) is 0. The molecule has 4 heteroatoms. The predicted octanol–water partition coefficient (Wildman–Crippen LogP) is 3.46. The Morgan fingerprint density at radius 2 is 1.89 bits per heavy atom. The fourth-order valence-corrected chi connectivity index (χ4v) is 1.92. The third kappa shape index (κ3) is 4.23. The Balaban J connectivity index is 1.90. The largest absolute Gasteiger partial charge is 0.491 e. The summed E-state index contributed by atoms with van der Waals surface area (Å²) < 4.78 is 18.9. The molecule has 1 atom stereocenters. The minimum Gasteiger partial charge on any atom is -0.491 e. The van der Waals surface area contributed by atoms with E-state index in [0.717, 1.165) is 0 Å². The second kappa shape index (κ2) is 6.55. The third-order valence-corrected chi connectivity index (χ3v) is 2.88. The molecule has 2 aromatic rings. The zero-order valence-corrected chi connectivity index (χ0v) is 11.0. The average Bonchev–Trinajstić information content (AvgIpc) is 2.42. The molecule has 0 heterocycles. The molecule has 0 fully saturated rings. The van der Waals surface area contributed by atoms with Gasteiger partial charge in [0.2, 0.25) is 0 Å². The van der Waals surface area contributed by atoms with E-state index in [0.29, 0.717) is 16.3 Å². The first-order valence-electron chi connectivity index (χ1n) is 5.95. The average molecular weight is 281 g/mol. The number of rotatable bonds is 5. The number of benzene rings is 2. The van der Waals surface area contributed by atoms with Gasteiger partial charge in [-0.05, 0) is 35.9 Å². The first kappa shape index (κ1) is 13.8. The van der Waals surface area contributed by atoms with Crippen LogP contribution in [0.25, 0.3) is 0 Å². The molecule has 2 rings (SSSR count). The monoisotopic (exact) mass is 280 g/mol. The smallest absolute Gasteiger partial charge is 0.126 e. The Bertz CT molecular complexity index is 531. The molecule has 0 saturated carbocycles. The highest BCUT2D eigenvalue weighted by Crippen LogP contribution is 2.17. The van der Waals surface area contributed by atoms with E-state index >= 15 is 0 Å². The van der Waals surface area contributed by atoms with Crippen molar-refractivity contribution in [1.29, 1.82) is 0 Å². The molecule has 0 aliphatic heterocycles. The first-order chi connectivity index (χ1) is 9.15. The van der Waals surface area contributed by atoms with Crippen LogP contribution in [0.3, 0.4) is 0 Å². The van der Waals surface area contributed by atoms with Crippen LogP contribution in [0.2, 0.25) is 5.02 Å². The summed E-state index contributed by atoms with van der Waals surface area (Å²) in [5, 5.41) is 10.3. The lowest BCUT2D eigenvalue weighted by Gasteiger charge is -2.13. The quantitative estimate of drug-likeness (QED) is 0.909. The molecule has 2 aromatic carbocycles. The number of aliphatic hydroxyl groups excluding tert-OH is 1. The van der Waals surface area contributed by atoms with E-state index in [4.69, 9.17) is 16.3 Å². The fourth-order valence-electron chi connectivity index (χ4n) is 1.72. The molecule has 0 spiro atoms. The van der Waals surface area contributed by atoms with Crippen LogP contribution >= 0.6 is 11.6 Å². The summed E-state index contributed by atoms with van der Waals surface area (Å²) in [7, 11) is 0. The van der Waals surface area contributed by atoms with E-state index in [1.165, 1.54) is 18.2 Å². The van der Waals surface area contributed by atoms with E-state index in [-0.39, 0.29) is 18.8 Å². The lowest BCUT2D eigenvalue weighted by atomic mass is 10.1. The van der Waals surface area contributed by atoms with Crippen LogP contribution in [-0.4, -0.2) is 17.8 Å². The van der Waals surface area contributed by atoms with E-state index in [1.807, 2.05) is 18.2 Å². The van der Waals surface area contributed by atoms with Gasteiger partial charge in [0.15, 0.2) is 0 Å². The molecule has 0 amide bonds. The summed E-state index contributed by atoms with van der Waals surface area (Å²) in [6, 6.07) is 13.5. The van der Waals surface area contributed by atoms with Gasteiger partial charge in [-0.3, -0.25) is 0 Å². The maximum Gasteiger partial charge on any atom is 0.126 e. The van der Waals surface area contributed by atoms with Crippen molar-refractivity contribution in [3.63, 3.8) is 0 Å². The van der Waals surface area contributed by atoms with Crippen LogP contribution in [0, 0.1) is 5.82 Å². The van der Waals surface area contributed by atoms with Gasteiger partial charge < -0.3 is 9.84 Å². The van der Waals surface area contributed by atoms with Gasteiger partial charge in [-0.25, -0.2) is 4.39 Å². The van der Waals surface area contributed by atoms with Crippen molar-refractivity contribution in [1.82, 2.24) is 0 Å². The van der Waals surface area contributed by atoms with Crippen LogP contribution in [0.5, 0.6) is 5.75 Å². The molecule has 1 unspecified atom stereocenters. The zero-order valence-electron chi connectivity index (χ0n) is 10.2. The van der Waals surface area contributed by atoms with Gasteiger partial charge in [0, 0.05) is 11.4 Å². The number of hydrogen-bond acceptors (Lipinski definition) is 2. The highest BCUT2D eigenvalue weighted by atomic mass is 35.5. The van der Waals surface area contributed by atoms with Gasteiger partial charge in [-0.15, -0.1) is 0 Å². The van der Waals surface area contributed by atoms with Gasteiger partial charge >= 0.3 is 0 Å². The van der Waals surface area contributed by atoms with Crippen LogP contribution < -0.4 is 4.74 Å². The molecule has 0 aliphatic rings. The van der Waals surface area contributed by atoms with Crippen molar-refractivity contribution in [3.8, 4) is 5.75 Å². The van der Waals surface area contributed by atoms with Crippen molar-refractivity contribution in [2.75, 3.05) is 6.61 Å². The standard InChI is InChI=1S/C15H14ClFO2/c16-12-6-7-15(17)11(8-12)9-13(18)10-19-14-4-2-1-3-5-14/h1-8,13,18H,9-10H2. The summed E-state index contributed by atoms with van der Waals surface area (Å²) in [6.07, 6.45) is -0.618. The summed E-state index contributed by atoms with van der Waals surface area (Å²) >= 11 is 5.79. The van der Waals surface area contributed by atoms with Crippen molar-refractivity contribution in [2.45, 2.75) is 12.5 Å². The van der Waals surface area contributed by atoms with Crippen molar-refractivity contribution in [2.24, 2.45) is 0 Å². The summed E-state index contributed by atoms with van der Waals surface area (Å²) in [5.41, 5.74) is 0.386. The maximum atomic E-state index is 13.5. The minimum absolute atomic E-state index is 0.107. The minimum atomic E-state index is -0.784. The number of hydrogen-bond donors (Lipinski definition) is 1. The molecular weight excluding hydrogens is 267 g/mol. The van der Waals surface area contributed by atoms with Crippen LogP contribution in [-0.2, 0) is 6.42 Å². The SMILES string of the molecule is OC(COc1ccccc1)Cc1cc(Cl)ccc1F. The summed E-state index contributed by atoms with van der Waals surface area (Å²) in [6.45, 7) is 0.107. The molecular formula is C15H14ClFO2. The second-order valence-corrected chi connectivity index (χ2v) is 4.65. The maximum absolute atomic E-state index is 13.5. The van der Waals surface area contributed by atoms with Gasteiger partial charge in [0.05, 0.1) is 6.10 Å². The molecule has 0 bridgehead atoms. The lowest BCUT2D eigenvalue weighted by Crippen LogP contribution is -2.20. The van der Waals surface area contributed by atoms with Gasteiger partial charge in [-0.2, -0.15) is 0 Å². The van der Waals surface area contributed by atoms with Crippen LogP contribution in [0.1, 0.15) is 5.56 Å². The normalized spacial score (nSPS) is 12.2. The Kier molecular flexibility index (Phi) is 4.77. The molecule has 19 heavy (non-hydrogen) atoms. The van der Waals surface area contributed by atoms with Gasteiger partial charge in [0.25, 0.3) is 0 Å². The van der Waals surface area contributed by atoms with E-state index in [1.54, 1.807) is 12.1 Å². The Morgan fingerprint density at radius 1 is 1.16 bits per heavy atom. The molecule has 100 valence electrons. The molecule has 0 aromatic heterocycles. The summed E-state index contributed by atoms with van der Waals surface area (Å²) in [5.74, 6) is 0.302. The fraction of sp³-hybridized carbons (Fsp3) is 0.200. The highest BCUT2D eigenvalue weighted by Gasteiger charge is 2.11. The van der Waals surface area contributed by atoms with E-state index in [2.05, 4.69) is 0 Å². The van der Waals surface area contributed by atoms with Crippen molar-refractivity contribution >= 4 is 11.6 Å². The van der Waals surface area contributed by atoms with Gasteiger partial charge in [0.1, 0.15) is 18.2 Å². The second-order valence-electron chi connectivity index (χ2n) is 4.22. The Hall–Kier alpha value is -1.58. The Labute approximate surface area is 116 Å². The first-order valence-corrected chi connectivity index (χ1v) is 6.33. The number of para-hydroxylation sites is 1. The van der Waals surface area contributed by atoms with Crippen molar-refractivity contribution < 1.29 is 14.2 Å². The van der Waals surface area contributed by atoms with Crippen LogP contribution in [0.4, 0.5) is 4.39 Å². The van der Waals surface area contributed by atoms with Gasteiger partial charge in [-0.1, -0.05) is 29.8 Å². The molecule has 2 nitrogen and oxygen atoms in total. The van der Waals surface area contributed by atoms with E-state index < -0.39 is 6.10 Å². The molecule has 0 aliphatic carbocycles. The molecule has 0 radical (unpaired) electrons. The third-order valence-electron chi connectivity index (χ3n) is 2.65. The highest BCUT2D eigenvalue weighted by molar-refractivity contribution is 6.30. The predicted molar refractivity (Wildman–Crippen MR) is 73.1 cm³/mol. The topological polar surface area (TPSA) is 29.5 Å². The molecule has 0 saturated heterocycles. The molecule has 1 N–H and O–H groups in total. The van der Waals surface area contributed by atoms with Crippen molar-refractivity contribution in [3.05, 3.63) is 64.9 Å². The van der Waals surface area contributed by atoms with E-state index in [9.17, 15) is 9.50 Å². The zero-order chi connectivity index (χ0) is 13.7. The van der Waals surface area contributed by atoms with Crippen LogP contribution in [0.15, 0.2) is 48.5 Å². The number of ether oxygens (including phenoxy) is 1. The number of aliphatic hydroxyl groups is 1. The Morgan fingerprint density at radius 3 is 2.63 bits per heavy atom. The number of halogens is 2. The lowest BCUT2D eigenvalue weighted by molar-refractivity contribution is 0.107.